The van der Waals surface area contributed by atoms with E-state index in [2.05, 4.69) is 21.7 Å². The van der Waals surface area contributed by atoms with Crippen molar-refractivity contribution in [1.29, 1.82) is 0 Å². The molecule has 258 valence electrons. The van der Waals surface area contributed by atoms with Crippen LogP contribution in [0.3, 0.4) is 0 Å². The first-order chi connectivity index (χ1) is 23.6. The molecule has 3 fully saturated rings. The van der Waals surface area contributed by atoms with Crippen LogP contribution in [0.15, 0.2) is 77.5 Å². The highest BCUT2D eigenvalue weighted by Gasteiger charge is 2.47. The number of hydrogen-bond donors (Lipinski definition) is 0. The number of piperazine rings is 1. The summed E-state index contributed by atoms with van der Waals surface area (Å²) in [5.41, 5.74) is 1.16. The molecule has 4 heterocycles. The van der Waals surface area contributed by atoms with Crippen LogP contribution in [0.1, 0.15) is 53.9 Å². The minimum Gasteiger partial charge on any atom is -0.466 e. The van der Waals surface area contributed by atoms with E-state index in [1.165, 1.54) is 25.9 Å². The second kappa shape index (κ2) is 14.9. The van der Waals surface area contributed by atoms with Crippen LogP contribution in [-0.4, -0.2) is 109 Å². The molecule has 12 heteroatoms. The van der Waals surface area contributed by atoms with Gasteiger partial charge in [-0.2, -0.15) is 0 Å². The topological polar surface area (TPSA) is 99.7 Å². The number of benzene rings is 2. The van der Waals surface area contributed by atoms with Crippen LogP contribution in [0.2, 0.25) is 10.0 Å². The smallest absolute Gasteiger partial charge is 0.344 e. The Balaban J connectivity index is 1.46. The van der Waals surface area contributed by atoms with Crippen molar-refractivity contribution in [1.82, 2.24) is 19.6 Å². The number of allylic oxidation sites excluding steroid dienone is 1. The van der Waals surface area contributed by atoms with Gasteiger partial charge in [-0.25, -0.2) is 14.4 Å². The number of methoxy groups -OCH3 is 1. The zero-order valence-corrected chi connectivity index (χ0v) is 29.4. The molecule has 0 aromatic heterocycles. The lowest BCUT2D eigenvalue weighted by molar-refractivity contribution is -0.136. The van der Waals surface area contributed by atoms with Crippen LogP contribution < -0.4 is 0 Å². The number of nitrogens with zero attached hydrogens (tertiary/aromatic N) is 4. The molecule has 2 bridgehead atoms. The third-order valence-corrected chi connectivity index (χ3v) is 11.3. The van der Waals surface area contributed by atoms with Crippen molar-refractivity contribution in [2.24, 2.45) is 0 Å². The zero-order valence-electron chi connectivity index (χ0n) is 27.9. The number of piperidine rings is 1. The summed E-state index contributed by atoms with van der Waals surface area (Å²) < 4.78 is 10.6. The maximum atomic E-state index is 14.1. The van der Waals surface area contributed by atoms with Gasteiger partial charge in [0, 0.05) is 78.2 Å². The van der Waals surface area contributed by atoms with Crippen molar-refractivity contribution in [3.05, 3.63) is 98.6 Å². The molecule has 2 aromatic carbocycles. The molecule has 4 aliphatic heterocycles. The Morgan fingerprint density at radius 1 is 0.857 bits per heavy atom. The molecule has 0 amide bonds. The van der Waals surface area contributed by atoms with Gasteiger partial charge in [0.05, 0.1) is 30.6 Å². The highest BCUT2D eigenvalue weighted by molar-refractivity contribution is 6.36. The Hall–Kier alpha value is -3.92. The number of carbonyl (C=O) groups excluding carboxylic acids is 4. The lowest BCUT2D eigenvalue weighted by Gasteiger charge is -2.48. The van der Waals surface area contributed by atoms with Crippen LogP contribution in [-0.2, 0) is 23.9 Å². The average molecular weight is 708 g/mol. The molecular weight excluding hydrogens is 667 g/mol. The number of rotatable bonds is 9. The summed E-state index contributed by atoms with van der Waals surface area (Å²) in [5, 5.41) is 0.406. The quantitative estimate of drug-likeness (QED) is 0.152. The minimum absolute atomic E-state index is 0.0236. The molecule has 0 aliphatic carbocycles. The van der Waals surface area contributed by atoms with E-state index in [0.717, 1.165) is 25.9 Å². The van der Waals surface area contributed by atoms with Crippen LogP contribution in [0.25, 0.3) is 0 Å². The van der Waals surface area contributed by atoms with Crippen molar-refractivity contribution < 1.29 is 28.7 Å². The predicted octanol–water partition coefficient (Wildman–Crippen LogP) is 5.07. The normalized spacial score (nSPS) is 24.5. The number of esters is 2. The van der Waals surface area contributed by atoms with Crippen LogP contribution in [0.5, 0.6) is 0 Å². The Bertz CT molecular complexity index is 1700. The molecular formula is C37H40Cl2N4O6. The highest BCUT2D eigenvalue weighted by Crippen LogP contribution is 2.48. The fourth-order valence-electron chi connectivity index (χ4n) is 8.15. The van der Waals surface area contributed by atoms with Crippen molar-refractivity contribution in [2.45, 2.75) is 56.1 Å². The van der Waals surface area contributed by atoms with Gasteiger partial charge in [-0.05, 0) is 44.9 Å². The molecule has 3 unspecified atom stereocenters. The van der Waals surface area contributed by atoms with Gasteiger partial charge in [0.1, 0.15) is 5.82 Å². The molecule has 3 saturated heterocycles. The summed E-state index contributed by atoms with van der Waals surface area (Å²) in [6, 6.07) is 15.4. The van der Waals surface area contributed by atoms with E-state index in [1.807, 2.05) is 6.07 Å². The second-order valence-corrected chi connectivity index (χ2v) is 13.8. The van der Waals surface area contributed by atoms with E-state index < -0.39 is 17.9 Å². The molecule has 10 nitrogen and oxygen atoms in total. The summed E-state index contributed by atoms with van der Waals surface area (Å²) in [6.45, 7) is 2.65. The minimum atomic E-state index is -1.19. The van der Waals surface area contributed by atoms with Gasteiger partial charge in [0.25, 0.3) is 0 Å². The molecule has 0 N–H and O–H groups in total. The maximum Gasteiger partial charge on any atom is 0.344 e. The molecule has 0 radical (unpaired) electrons. The Labute approximate surface area is 296 Å². The number of carbonyl (C=O) groups is 3. The van der Waals surface area contributed by atoms with Gasteiger partial charge in [0.2, 0.25) is 0 Å². The number of Topliss-reactive ketones (excluding diaryl/α,β-unsaturated/α-hetero) is 1. The number of fused-ring (bicyclic) bond motifs is 2. The van der Waals surface area contributed by atoms with Gasteiger partial charge >= 0.3 is 11.9 Å². The Morgan fingerprint density at radius 2 is 1.49 bits per heavy atom. The van der Waals surface area contributed by atoms with E-state index in [1.54, 1.807) is 54.4 Å². The van der Waals surface area contributed by atoms with E-state index in [-0.39, 0.29) is 39.0 Å². The van der Waals surface area contributed by atoms with Gasteiger partial charge in [-0.1, -0.05) is 59.6 Å². The standard InChI is InChI=1S/C37H40Cl2N4O6/c1-40-24-12-13-25(40)21-26(20-24)42-14-16-43(17-15-42)35-34(37(47)49-19-18-44)33(31-27(38)10-7-11-28(31)39)32(36(46)48-3)29(41(35)2)22-30(45)23-8-5-4-6-9-23/h4-11,19,24-26,33H,12-17,20-22H2,1-3H3. The van der Waals surface area contributed by atoms with Crippen molar-refractivity contribution in [2.75, 3.05) is 47.4 Å². The Kier molecular flexibility index (Phi) is 10.6. The molecule has 6 rings (SSSR count). The first-order valence-electron chi connectivity index (χ1n) is 16.6. The van der Waals surface area contributed by atoms with E-state index >= 15 is 0 Å². The number of halogens is 2. The fourth-order valence-corrected chi connectivity index (χ4v) is 8.77. The lowest BCUT2D eigenvalue weighted by Crippen LogP contribution is -2.56. The largest absolute Gasteiger partial charge is 0.466 e. The second-order valence-electron chi connectivity index (χ2n) is 13.0. The molecule has 4 aliphatic rings. The third-order valence-electron chi connectivity index (χ3n) is 10.6. The van der Waals surface area contributed by atoms with E-state index in [4.69, 9.17) is 32.7 Å². The van der Waals surface area contributed by atoms with E-state index in [9.17, 15) is 19.2 Å². The highest BCUT2D eigenvalue weighted by atomic mass is 35.5. The molecule has 49 heavy (non-hydrogen) atoms. The van der Waals surface area contributed by atoms with Crippen LogP contribution in [0, 0.1) is 0 Å². The SMILES string of the molecule is COC(=O)C1=C(CC(=O)c2ccccc2)N(C)C(N2CCN(C3CC4CCC(C3)N4C)CC2)=C(C(=O)OC=C=O)C1c1c(Cl)cccc1Cl. The van der Waals surface area contributed by atoms with Gasteiger partial charge in [-0.15, -0.1) is 0 Å². The van der Waals surface area contributed by atoms with E-state index in [0.29, 0.717) is 54.6 Å². The number of ketones is 1. The first-order valence-corrected chi connectivity index (χ1v) is 17.3. The molecule has 3 atom stereocenters. The van der Waals surface area contributed by atoms with Gasteiger partial charge < -0.3 is 24.2 Å². The average Bonchev–Trinajstić information content (AvgIpc) is 3.30. The Morgan fingerprint density at radius 3 is 2.08 bits per heavy atom. The monoisotopic (exact) mass is 706 g/mol. The van der Waals surface area contributed by atoms with Gasteiger partial charge in [0.15, 0.2) is 18.0 Å². The van der Waals surface area contributed by atoms with Gasteiger partial charge in [-0.3, -0.25) is 9.69 Å². The molecule has 0 saturated carbocycles. The van der Waals surface area contributed by atoms with Crippen LogP contribution in [0.4, 0.5) is 0 Å². The fraction of sp³-hybridized carbons (Fsp3) is 0.432. The maximum absolute atomic E-state index is 14.1. The predicted molar refractivity (Wildman–Crippen MR) is 186 cm³/mol. The van der Waals surface area contributed by atoms with Crippen molar-refractivity contribution in [3.8, 4) is 0 Å². The third kappa shape index (κ3) is 6.81. The lowest BCUT2D eigenvalue weighted by atomic mass is 9.79. The molecule has 0 spiro atoms. The van der Waals surface area contributed by atoms with Crippen LogP contribution >= 0.6 is 23.2 Å². The molecule has 2 aromatic rings. The van der Waals surface area contributed by atoms with Crippen molar-refractivity contribution in [3.63, 3.8) is 0 Å². The number of ether oxygens (including phenoxy) is 2. The first kappa shape index (κ1) is 34.9. The summed E-state index contributed by atoms with van der Waals surface area (Å²) in [6.07, 6.45) is 5.20. The van der Waals surface area contributed by atoms with Crippen molar-refractivity contribution >= 4 is 46.9 Å². The summed E-state index contributed by atoms with van der Waals surface area (Å²) in [4.78, 5) is 61.8. The number of hydrogen-bond acceptors (Lipinski definition) is 10. The summed E-state index contributed by atoms with van der Waals surface area (Å²) >= 11 is 13.6. The summed E-state index contributed by atoms with van der Waals surface area (Å²) in [7, 11) is 5.19. The summed E-state index contributed by atoms with van der Waals surface area (Å²) in [5.74, 6) is -1.12. The zero-order chi connectivity index (χ0) is 34.8.